The molecule has 9 heteroatoms. The summed E-state index contributed by atoms with van der Waals surface area (Å²) >= 11 is 0.794. The fraction of sp³-hybridized carbons (Fsp3) is 0.400. The molecule has 1 aromatic rings. The molecule has 106 valence electrons. The minimum Gasteiger partial charge on any atom is -0.477 e. The number of carbonyl (C=O) groups is 2. The zero-order valence-corrected chi connectivity index (χ0v) is 11.9. The normalized spacial score (nSPS) is 13.4. The van der Waals surface area contributed by atoms with Gasteiger partial charge < -0.3 is 10.8 Å². The van der Waals surface area contributed by atoms with E-state index < -0.39 is 27.9 Å². The smallest absolute Gasteiger partial charge is 0.347 e. The summed E-state index contributed by atoms with van der Waals surface area (Å²) in [5.41, 5.74) is 5.12. The molecule has 1 unspecified atom stereocenters. The van der Waals surface area contributed by atoms with Crippen LogP contribution in [0.15, 0.2) is 16.3 Å². The van der Waals surface area contributed by atoms with Crippen LogP contribution in [0.1, 0.15) is 23.5 Å². The number of aromatic carboxylic acids is 1. The van der Waals surface area contributed by atoms with E-state index in [-0.39, 0.29) is 15.7 Å². The van der Waals surface area contributed by atoms with Gasteiger partial charge in [0.25, 0.3) is 0 Å². The highest BCUT2D eigenvalue weighted by atomic mass is 32.2. The first-order chi connectivity index (χ1) is 8.66. The molecule has 1 heterocycles. The van der Waals surface area contributed by atoms with Crippen LogP contribution in [0, 0.1) is 5.92 Å². The molecule has 0 aromatic carbocycles. The molecule has 7 nitrogen and oxygen atoms in total. The minimum absolute atomic E-state index is 0.306. The highest BCUT2D eigenvalue weighted by molar-refractivity contribution is 7.89. The summed E-state index contributed by atoms with van der Waals surface area (Å²) in [5.74, 6) is -2.50. The van der Waals surface area contributed by atoms with E-state index in [4.69, 9.17) is 10.8 Å². The van der Waals surface area contributed by atoms with Crippen molar-refractivity contribution >= 4 is 33.2 Å². The molecule has 0 aliphatic carbocycles. The van der Waals surface area contributed by atoms with Crippen LogP contribution in [0.3, 0.4) is 0 Å². The molecule has 1 rings (SSSR count). The largest absolute Gasteiger partial charge is 0.477 e. The molecule has 0 aliphatic rings. The number of carboxylic acid groups (broad SMARTS) is 1. The van der Waals surface area contributed by atoms with Gasteiger partial charge in [-0.15, -0.1) is 11.3 Å². The van der Waals surface area contributed by atoms with Crippen LogP contribution in [0.2, 0.25) is 0 Å². The van der Waals surface area contributed by atoms with Crippen LogP contribution in [-0.4, -0.2) is 31.4 Å². The Hall–Kier alpha value is -1.45. The first-order valence-corrected chi connectivity index (χ1v) is 7.65. The monoisotopic (exact) mass is 306 g/mol. The summed E-state index contributed by atoms with van der Waals surface area (Å²) in [6.07, 6.45) is 0. The summed E-state index contributed by atoms with van der Waals surface area (Å²) in [6, 6.07) is 0.0843. The highest BCUT2D eigenvalue weighted by Crippen LogP contribution is 2.22. The van der Waals surface area contributed by atoms with E-state index in [1.165, 1.54) is 11.4 Å². The van der Waals surface area contributed by atoms with Crippen LogP contribution in [0.5, 0.6) is 0 Å². The molecule has 0 fully saturated rings. The Labute approximate surface area is 114 Å². The number of thiophene rings is 1. The van der Waals surface area contributed by atoms with E-state index in [1.807, 2.05) is 0 Å². The van der Waals surface area contributed by atoms with Crippen molar-refractivity contribution in [1.82, 2.24) is 4.72 Å². The first-order valence-electron chi connectivity index (χ1n) is 5.29. The molecule has 4 N–H and O–H groups in total. The number of sulfonamides is 1. The summed E-state index contributed by atoms with van der Waals surface area (Å²) in [5, 5.41) is 10.3. The molecule has 0 bridgehead atoms. The molecule has 0 saturated heterocycles. The summed E-state index contributed by atoms with van der Waals surface area (Å²) in [7, 11) is -4.10. The lowest BCUT2D eigenvalue weighted by atomic mass is 10.1. The number of nitrogens with two attached hydrogens (primary N) is 1. The van der Waals surface area contributed by atoms with Crippen LogP contribution in [-0.2, 0) is 14.8 Å². The van der Waals surface area contributed by atoms with Crippen molar-refractivity contribution in [2.45, 2.75) is 24.8 Å². The van der Waals surface area contributed by atoms with Crippen molar-refractivity contribution < 1.29 is 23.1 Å². The van der Waals surface area contributed by atoms with Gasteiger partial charge in [0.05, 0.1) is 0 Å². The number of hydrogen-bond donors (Lipinski definition) is 3. The quantitative estimate of drug-likeness (QED) is 0.693. The predicted molar refractivity (Wildman–Crippen MR) is 69.4 cm³/mol. The number of amides is 1. The van der Waals surface area contributed by atoms with Gasteiger partial charge in [0, 0.05) is 0 Å². The Bertz CT molecular complexity index is 591. The summed E-state index contributed by atoms with van der Waals surface area (Å²) in [6.45, 7) is 3.26. The van der Waals surface area contributed by atoms with Gasteiger partial charge in [-0.2, -0.15) is 4.72 Å². The lowest BCUT2D eigenvalue weighted by Crippen LogP contribution is -2.47. The van der Waals surface area contributed by atoms with Crippen molar-refractivity contribution in [3.05, 3.63) is 16.3 Å². The molecule has 19 heavy (non-hydrogen) atoms. The SMILES string of the molecule is CC(C)C(NS(=O)(=O)c1ccsc1C(=O)O)C(N)=O. The Balaban J connectivity index is 3.14. The van der Waals surface area contributed by atoms with E-state index in [1.54, 1.807) is 13.8 Å². The number of primary amides is 1. The van der Waals surface area contributed by atoms with E-state index >= 15 is 0 Å². The standard InChI is InChI=1S/C10H14N2O5S2/c1-5(2)7(9(11)13)12-19(16,17)6-3-4-18-8(6)10(14)15/h3-5,7,12H,1-2H3,(H2,11,13)(H,14,15). The molecule has 1 aromatic heterocycles. The van der Waals surface area contributed by atoms with Gasteiger partial charge in [0.2, 0.25) is 15.9 Å². The Morgan fingerprint density at radius 3 is 2.42 bits per heavy atom. The second-order valence-electron chi connectivity index (χ2n) is 4.16. The van der Waals surface area contributed by atoms with Crippen LogP contribution >= 0.6 is 11.3 Å². The second kappa shape index (κ2) is 5.68. The molecule has 0 radical (unpaired) electrons. The highest BCUT2D eigenvalue weighted by Gasteiger charge is 2.30. The molecular formula is C10H14N2O5S2. The molecule has 1 atom stereocenters. The molecular weight excluding hydrogens is 292 g/mol. The minimum atomic E-state index is -4.10. The van der Waals surface area contributed by atoms with E-state index in [9.17, 15) is 18.0 Å². The van der Waals surface area contributed by atoms with Crippen LogP contribution < -0.4 is 10.5 Å². The summed E-state index contributed by atoms with van der Waals surface area (Å²) < 4.78 is 26.3. The summed E-state index contributed by atoms with van der Waals surface area (Å²) in [4.78, 5) is 21.4. The van der Waals surface area contributed by atoms with Crippen molar-refractivity contribution in [3.63, 3.8) is 0 Å². The van der Waals surface area contributed by atoms with E-state index in [2.05, 4.69) is 4.72 Å². The van der Waals surface area contributed by atoms with Gasteiger partial charge in [0.1, 0.15) is 15.8 Å². The van der Waals surface area contributed by atoms with Crippen LogP contribution in [0.25, 0.3) is 0 Å². The van der Waals surface area contributed by atoms with Crippen molar-refractivity contribution in [2.24, 2.45) is 11.7 Å². The number of hydrogen-bond acceptors (Lipinski definition) is 5. The zero-order chi connectivity index (χ0) is 14.8. The van der Waals surface area contributed by atoms with Gasteiger partial charge in [-0.25, -0.2) is 13.2 Å². The molecule has 1 amide bonds. The third-order valence-corrected chi connectivity index (χ3v) is 4.88. The van der Waals surface area contributed by atoms with Crippen molar-refractivity contribution in [1.29, 1.82) is 0 Å². The maximum Gasteiger partial charge on any atom is 0.347 e. The average Bonchev–Trinajstić information content (AvgIpc) is 2.74. The maximum atomic E-state index is 12.1. The zero-order valence-electron chi connectivity index (χ0n) is 10.3. The van der Waals surface area contributed by atoms with Crippen molar-refractivity contribution in [2.75, 3.05) is 0 Å². The second-order valence-corrected chi connectivity index (χ2v) is 6.76. The number of nitrogens with one attached hydrogen (secondary N) is 1. The number of rotatable bonds is 6. The molecule has 0 aliphatic heterocycles. The van der Waals surface area contributed by atoms with Gasteiger partial charge in [0.15, 0.2) is 0 Å². The number of carboxylic acids is 1. The fourth-order valence-corrected chi connectivity index (χ4v) is 4.03. The van der Waals surface area contributed by atoms with Crippen LogP contribution in [0.4, 0.5) is 0 Å². The third kappa shape index (κ3) is 3.52. The lowest BCUT2D eigenvalue weighted by molar-refractivity contribution is -0.120. The Morgan fingerprint density at radius 1 is 1.42 bits per heavy atom. The third-order valence-electron chi connectivity index (χ3n) is 2.37. The van der Waals surface area contributed by atoms with Gasteiger partial charge >= 0.3 is 5.97 Å². The number of carbonyl (C=O) groups excluding carboxylic acids is 1. The van der Waals surface area contributed by atoms with Gasteiger partial charge in [-0.1, -0.05) is 13.8 Å². The van der Waals surface area contributed by atoms with E-state index in [0.717, 1.165) is 11.3 Å². The first kappa shape index (κ1) is 15.6. The van der Waals surface area contributed by atoms with Crippen molar-refractivity contribution in [3.8, 4) is 0 Å². The maximum absolute atomic E-state index is 12.1. The molecule has 0 saturated carbocycles. The fourth-order valence-electron chi connectivity index (χ4n) is 1.42. The van der Waals surface area contributed by atoms with Gasteiger partial charge in [-0.05, 0) is 17.4 Å². The van der Waals surface area contributed by atoms with E-state index in [0.29, 0.717) is 0 Å². The average molecular weight is 306 g/mol. The molecule has 0 spiro atoms. The Kier molecular flexibility index (Phi) is 4.66. The van der Waals surface area contributed by atoms with Gasteiger partial charge in [-0.3, -0.25) is 4.79 Å². The topological polar surface area (TPSA) is 127 Å². The Morgan fingerprint density at radius 2 is 2.00 bits per heavy atom. The lowest BCUT2D eigenvalue weighted by Gasteiger charge is -2.18. The predicted octanol–water partition coefficient (Wildman–Crippen LogP) is 0.235.